The summed E-state index contributed by atoms with van der Waals surface area (Å²) in [5.41, 5.74) is 0. The maximum absolute atomic E-state index is 2.41. The second kappa shape index (κ2) is 16.1. The molecular weight excluding hydrogens is 638 g/mol. The molecule has 0 bridgehead atoms. The number of hydrogen-bond donors (Lipinski definition) is 0. The molecule has 0 rings (SSSR count). The normalized spacial score (nSPS) is 1.75. The first-order chi connectivity index (χ1) is 1.00. The molecule has 0 nitrogen and oxygen atoms in total. The van der Waals surface area contributed by atoms with E-state index in [0.29, 0.717) is 0 Å². The Labute approximate surface area is 88.9 Å². The fraction of sp³-hybridized carbons (Fsp3) is 0. The van der Waals surface area contributed by atoms with Crippen molar-refractivity contribution in [2.24, 2.45) is 0 Å². The Balaban J connectivity index is -0.00000000500. The summed E-state index contributed by atoms with van der Waals surface area (Å²) in [7, 11) is 0. The van der Waals surface area contributed by atoms with E-state index in [2.05, 4.69) is 17.1 Å². The van der Waals surface area contributed by atoms with E-state index in [-0.39, 0.29) is 54.6 Å². The van der Waals surface area contributed by atoms with Gasteiger partial charge in [0.25, 0.3) is 0 Å². The van der Waals surface area contributed by atoms with Crippen molar-refractivity contribution in [3.05, 3.63) is 0 Å². The van der Waals surface area contributed by atoms with Gasteiger partial charge in [0.05, 0.1) is 0 Å². The van der Waals surface area contributed by atoms with Crippen LogP contribution in [0.1, 0.15) is 0 Å². The van der Waals surface area contributed by atoms with Crippen LogP contribution < -0.4 is 0 Å². The monoisotopic (exact) mass is 644 g/mol. The third-order valence-electron chi connectivity index (χ3n) is 0. The van der Waals surface area contributed by atoms with Gasteiger partial charge in [0.2, 0.25) is 0 Å². The minimum atomic E-state index is 0. The molecule has 0 fully saturated rings. The van der Waals surface area contributed by atoms with Gasteiger partial charge in [0.15, 0.2) is 0 Å². The van der Waals surface area contributed by atoms with Crippen molar-refractivity contribution in [3.63, 3.8) is 0 Å². The van der Waals surface area contributed by atoms with Gasteiger partial charge in [-0.05, 0) is 0 Å². The van der Waals surface area contributed by atoms with Gasteiger partial charge in [-0.15, -0.1) is 0 Å². The van der Waals surface area contributed by atoms with Crippen LogP contribution in [-0.4, -0.2) is 46.7 Å². The molecule has 0 saturated heterocycles. The fourth-order valence-electron chi connectivity index (χ4n) is 0. The molecule has 0 saturated carbocycles. The molecule has 0 aromatic carbocycles. The number of hydrogen-bond acceptors (Lipinski definition) is 0. The Morgan fingerprint density at radius 3 is 1.25 bits per heavy atom. The van der Waals surface area contributed by atoms with Crippen LogP contribution in [0.25, 0.3) is 0 Å². The van der Waals surface area contributed by atoms with E-state index in [4.69, 9.17) is 0 Å². The summed E-state index contributed by atoms with van der Waals surface area (Å²) in [6, 6.07) is 0. The van der Waals surface area contributed by atoms with Crippen molar-refractivity contribution in [1.82, 2.24) is 0 Å². The molecule has 0 heterocycles. The molecule has 0 amide bonds. The molecule has 26 valence electrons. The quantitative estimate of drug-likeness (QED) is 0.273. The summed E-state index contributed by atoms with van der Waals surface area (Å²) in [5, 5.41) is 0. The summed E-state index contributed by atoms with van der Waals surface area (Å²) in [4.78, 5) is 0. The molecule has 2 radical (unpaired) electrons. The van der Waals surface area contributed by atoms with Crippen molar-refractivity contribution in [1.29, 1.82) is 0 Å². The van der Waals surface area contributed by atoms with Gasteiger partial charge in [0.1, 0.15) is 0 Å². The molecule has 0 atom stereocenters. The fourth-order valence-corrected chi connectivity index (χ4v) is 0. The topological polar surface area (TPSA) is 0 Å². The molecule has 0 spiro atoms. The average molecular weight is 642 g/mol. The zero-order chi connectivity index (χ0) is 2.00. The average Bonchev–Trinajstić information content (AvgIpc) is 1.00. The summed E-state index contributed by atoms with van der Waals surface area (Å²) in [6.45, 7) is 0. The third-order valence-corrected chi connectivity index (χ3v) is 0. The Morgan fingerprint density at radius 2 is 1.25 bits per heavy atom. The molecule has 0 aromatic rings. The van der Waals surface area contributed by atoms with Crippen molar-refractivity contribution < 1.29 is 44.4 Å². The van der Waals surface area contributed by atoms with Gasteiger partial charge < -0.3 is 0 Å². The van der Waals surface area contributed by atoms with E-state index >= 15 is 0 Å². The van der Waals surface area contributed by atoms with Gasteiger partial charge in [-0.2, -0.15) is 0 Å². The van der Waals surface area contributed by atoms with Crippen LogP contribution in [-0.2, 0) is 44.4 Å². The summed E-state index contributed by atoms with van der Waals surface area (Å²) >= 11 is 3.70. The molecule has 0 unspecified atom stereocenters. The van der Waals surface area contributed by atoms with Crippen LogP contribution in [0, 0.1) is 0 Å². The van der Waals surface area contributed by atoms with E-state index < -0.39 is 0 Å². The van der Waals surface area contributed by atoms with Crippen LogP contribution in [0.15, 0.2) is 0 Å². The first-order valence-electron chi connectivity index (χ1n) is 0.174. The second-order valence-electron chi connectivity index (χ2n) is 0. The summed E-state index contributed by atoms with van der Waals surface area (Å²) < 4.78 is 0. The predicted octanol–water partition coefficient (Wildman–Crippen LogP) is -1.84. The van der Waals surface area contributed by atoms with E-state index in [1.54, 1.807) is 0 Å². The molecule has 0 aliphatic heterocycles. The first-order valence-corrected chi connectivity index (χ1v) is 9.56. The van der Waals surface area contributed by atoms with E-state index in [9.17, 15) is 0 Å². The van der Waals surface area contributed by atoms with Crippen molar-refractivity contribution in [3.8, 4) is 0 Å². The molecular formula is H4AuCdPbSb. The van der Waals surface area contributed by atoms with Crippen LogP contribution in [0.4, 0.5) is 0 Å². The molecule has 4 heavy (non-hydrogen) atoms. The van der Waals surface area contributed by atoms with Gasteiger partial charge >= 0.3 is 63.9 Å². The molecule has 4 heteroatoms. The molecule has 0 aromatic heterocycles. The third kappa shape index (κ3) is 9.04. The zero-order valence-electron chi connectivity index (χ0n) is 2.29. The second-order valence-corrected chi connectivity index (χ2v) is 0. The van der Waals surface area contributed by atoms with Crippen molar-refractivity contribution >= 4 is 46.7 Å². The van der Waals surface area contributed by atoms with E-state index in [1.165, 1.54) is 19.4 Å². The van der Waals surface area contributed by atoms with Crippen LogP contribution in [0.3, 0.4) is 0 Å². The Bertz CT molecular complexity index is 8.00. The van der Waals surface area contributed by atoms with Gasteiger partial charge in [-0.3, -0.25) is 0 Å². The van der Waals surface area contributed by atoms with Crippen LogP contribution in [0.5, 0.6) is 0 Å². The van der Waals surface area contributed by atoms with Crippen LogP contribution >= 0.6 is 0 Å². The van der Waals surface area contributed by atoms with Gasteiger partial charge in [0, 0.05) is 27.3 Å². The standard InChI is InChI=1S/Au.Cd.Pb.Sb.4H. The van der Waals surface area contributed by atoms with Crippen molar-refractivity contribution in [2.45, 2.75) is 0 Å². The first kappa shape index (κ1) is 15.7. The van der Waals surface area contributed by atoms with Crippen molar-refractivity contribution in [2.75, 3.05) is 0 Å². The Kier molecular flexibility index (Phi) is 63.2. The number of rotatable bonds is 0. The Morgan fingerprint density at radius 1 is 1.25 bits per heavy atom. The van der Waals surface area contributed by atoms with Crippen LogP contribution in [0.2, 0.25) is 0 Å². The minimum absolute atomic E-state index is 0. The van der Waals surface area contributed by atoms with Gasteiger partial charge in [-0.1, -0.05) is 0 Å². The van der Waals surface area contributed by atoms with E-state index in [1.807, 2.05) is 0 Å². The summed E-state index contributed by atoms with van der Waals surface area (Å²) in [6.07, 6.45) is 0. The molecule has 0 aliphatic carbocycles. The zero-order valence-corrected chi connectivity index (χ0v) is 17.3. The van der Waals surface area contributed by atoms with E-state index in [0.717, 1.165) is 0 Å². The maximum atomic E-state index is 2.41. The Hall–Kier alpha value is 3.40. The molecule has 0 aliphatic rings. The molecule has 0 N–H and O–H groups in total. The van der Waals surface area contributed by atoms with Gasteiger partial charge in [-0.25, -0.2) is 0 Å². The SMILES string of the molecule is [Cd].[PbH2].[SbH2][Au]. The predicted molar refractivity (Wildman–Crippen MR) is 17.1 cm³/mol. The summed E-state index contributed by atoms with van der Waals surface area (Å²) in [5.74, 6) is 0.